The highest BCUT2D eigenvalue weighted by atomic mass is 35.5. The lowest BCUT2D eigenvalue weighted by molar-refractivity contribution is -0.123. The van der Waals surface area contributed by atoms with Crippen molar-refractivity contribution in [3.05, 3.63) is 65.7 Å². The van der Waals surface area contributed by atoms with Crippen LogP contribution in [0.5, 0.6) is 5.75 Å². The van der Waals surface area contributed by atoms with Crippen LogP contribution in [0.2, 0.25) is 0 Å². The third-order valence-corrected chi connectivity index (χ3v) is 5.87. The van der Waals surface area contributed by atoms with Crippen LogP contribution in [0.4, 0.5) is 0 Å². The van der Waals surface area contributed by atoms with Gasteiger partial charge in [0, 0.05) is 19.0 Å². The van der Waals surface area contributed by atoms with E-state index in [4.69, 9.17) is 10.5 Å². The van der Waals surface area contributed by atoms with E-state index in [0.29, 0.717) is 30.8 Å². The molecule has 5 nitrogen and oxygen atoms in total. The van der Waals surface area contributed by atoms with Gasteiger partial charge in [-0.1, -0.05) is 56.3 Å². The normalized spacial score (nSPS) is 19.9. The Morgan fingerprint density at radius 2 is 1.80 bits per heavy atom. The van der Waals surface area contributed by atoms with Gasteiger partial charge in [0.05, 0.1) is 19.7 Å². The van der Waals surface area contributed by atoms with Crippen LogP contribution in [-0.2, 0) is 4.79 Å². The van der Waals surface area contributed by atoms with Crippen LogP contribution < -0.4 is 15.8 Å². The summed E-state index contributed by atoms with van der Waals surface area (Å²) < 4.78 is 5.24. The maximum Gasteiger partial charge on any atom is 0.234 e. The molecule has 0 bridgehead atoms. The Hall–Kier alpha value is -2.08. The maximum absolute atomic E-state index is 12.8. The van der Waals surface area contributed by atoms with Crippen molar-refractivity contribution in [1.29, 1.82) is 0 Å². The van der Waals surface area contributed by atoms with Crippen LogP contribution in [0.15, 0.2) is 54.6 Å². The van der Waals surface area contributed by atoms with E-state index >= 15 is 0 Å². The zero-order valence-electron chi connectivity index (χ0n) is 18.1. The molecule has 3 N–H and O–H groups in total. The average Bonchev–Trinajstić information content (AvgIpc) is 3.15. The number of nitrogens with two attached hydrogens (primary N) is 1. The molecule has 3 atom stereocenters. The second-order valence-corrected chi connectivity index (χ2v) is 8.27. The van der Waals surface area contributed by atoms with Gasteiger partial charge in [-0.3, -0.25) is 9.69 Å². The van der Waals surface area contributed by atoms with Gasteiger partial charge in [0.1, 0.15) is 5.75 Å². The van der Waals surface area contributed by atoms with Crippen molar-refractivity contribution >= 4 is 18.3 Å². The Balaban J connectivity index is 0.00000320. The Morgan fingerprint density at radius 1 is 1.13 bits per heavy atom. The zero-order valence-corrected chi connectivity index (χ0v) is 18.9. The molecule has 0 saturated carbocycles. The molecule has 3 rings (SSSR count). The summed E-state index contributed by atoms with van der Waals surface area (Å²) >= 11 is 0. The molecule has 164 valence electrons. The first-order chi connectivity index (χ1) is 14.0. The fourth-order valence-corrected chi connectivity index (χ4v) is 4.27. The summed E-state index contributed by atoms with van der Waals surface area (Å²) in [6.45, 7) is 7.02. The number of amides is 1. The van der Waals surface area contributed by atoms with Crippen LogP contribution in [0, 0.1) is 11.8 Å². The van der Waals surface area contributed by atoms with Crippen molar-refractivity contribution in [2.24, 2.45) is 17.6 Å². The van der Waals surface area contributed by atoms with Crippen molar-refractivity contribution in [1.82, 2.24) is 10.2 Å². The number of hydrogen-bond acceptors (Lipinski definition) is 4. The van der Waals surface area contributed by atoms with Gasteiger partial charge in [0.25, 0.3) is 0 Å². The summed E-state index contributed by atoms with van der Waals surface area (Å²) in [5, 5.41) is 3.23. The summed E-state index contributed by atoms with van der Waals surface area (Å²) in [4.78, 5) is 15.1. The fraction of sp³-hybridized carbons (Fsp3) is 0.458. The topological polar surface area (TPSA) is 67.6 Å². The Bertz CT molecular complexity index is 783. The lowest BCUT2D eigenvalue weighted by Crippen LogP contribution is -2.39. The first-order valence-corrected chi connectivity index (χ1v) is 10.4. The monoisotopic (exact) mass is 431 g/mol. The molecule has 1 aliphatic heterocycles. The van der Waals surface area contributed by atoms with Gasteiger partial charge in [0.15, 0.2) is 0 Å². The number of benzene rings is 2. The molecule has 2 aromatic rings. The average molecular weight is 432 g/mol. The minimum absolute atomic E-state index is 0. The third kappa shape index (κ3) is 5.97. The van der Waals surface area contributed by atoms with Gasteiger partial charge >= 0.3 is 0 Å². The number of carbonyl (C=O) groups excluding carboxylic acids is 1. The molecule has 1 heterocycles. The predicted octanol–water partition coefficient (Wildman–Crippen LogP) is 3.60. The van der Waals surface area contributed by atoms with Crippen LogP contribution in [-0.4, -0.2) is 44.1 Å². The molecule has 1 amide bonds. The molecule has 6 heteroatoms. The largest absolute Gasteiger partial charge is 0.497 e. The summed E-state index contributed by atoms with van der Waals surface area (Å²) in [7, 11) is 1.66. The number of ether oxygens (including phenoxy) is 1. The molecule has 0 radical (unpaired) electrons. The van der Waals surface area contributed by atoms with Crippen molar-refractivity contribution in [3.63, 3.8) is 0 Å². The van der Waals surface area contributed by atoms with Crippen LogP contribution in [0.3, 0.4) is 0 Å². The highest BCUT2D eigenvalue weighted by molar-refractivity contribution is 5.85. The van der Waals surface area contributed by atoms with E-state index in [1.165, 1.54) is 5.56 Å². The van der Waals surface area contributed by atoms with E-state index in [1.54, 1.807) is 7.11 Å². The highest BCUT2D eigenvalue weighted by Crippen LogP contribution is 2.32. The Morgan fingerprint density at radius 3 is 2.37 bits per heavy atom. The predicted molar refractivity (Wildman–Crippen MR) is 124 cm³/mol. The number of carbonyl (C=O) groups is 1. The number of halogens is 1. The molecule has 30 heavy (non-hydrogen) atoms. The van der Waals surface area contributed by atoms with Crippen LogP contribution >= 0.6 is 12.4 Å². The first-order valence-electron chi connectivity index (χ1n) is 10.4. The summed E-state index contributed by atoms with van der Waals surface area (Å²) in [6, 6.07) is 18.4. The van der Waals surface area contributed by atoms with E-state index in [1.807, 2.05) is 30.3 Å². The van der Waals surface area contributed by atoms with Gasteiger partial charge in [-0.05, 0) is 41.6 Å². The summed E-state index contributed by atoms with van der Waals surface area (Å²) in [5.41, 5.74) is 8.44. The molecule has 0 aliphatic carbocycles. The quantitative estimate of drug-likeness (QED) is 0.670. The van der Waals surface area contributed by atoms with Crippen molar-refractivity contribution in [2.45, 2.75) is 25.8 Å². The minimum atomic E-state index is -0.0220. The third-order valence-electron chi connectivity index (χ3n) is 5.87. The number of hydrogen-bond donors (Lipinski definition) is 2. The molecule has 0 spiro atoms. The Labute approximate surface area is 186 Å². The van der Waals surface area contributed by atoms with Gasteiger partial charge in [-0.25, -0.2) is 0 Å². The SMILES string of the molecule is COc1ccc(C(NC(=O)CN2C[C@@H](CN)[C@H](c3ccccc3)C2)C(C)C)cc1.Cl. The van der Waals surface area contributed by atoms with Crippen LogP contribution in [0.25, 0.3) is 0 Å². The number of methoxy groups -OCH3 is 1. The number of nitrogens with one attached hydrogen (secondary N) is 1. The first kappa shape index (κ1) is 24.2. The van der Waals surface area contributed by atoms with Crippen LogP contribution in [0.1, 0.15) is 36.9 Å². The van der Waals surface area contributed by atoms with Gasteiger partial charge in [-0.2, -0.15) is 0 Å². The van der Waals surface area contributed by atoms with Crippen molar-refractivity contribution in [2.75, 3.05) is 33.3 Å². The number of likely N-dealkylation sites (tertiary alicyclic amines) is 1. The van der Waals surface area contributed by atoms with Gasteiger partial charge in [-0.15, -0.1) is 12.4 Å². The zero-order chi connectivity index (χ0) is 20.8. The number of rotatable bonds is 8. The summed E-state index contributed by atoms with van der Waals surface area (Å²) in [5.74, 6) is 1.94. The second kappa shape index (κ2) is 11.3. The second-order valence-electron chi connectivity index (χ2n) is 8.27. The Kier molecular flexibility index (Phi) is 9.15. The lowest BCUT2D eigenvalue weighted by Gasteiger charge is -2.25. The van der Waals surface area contributed by atoms with Crippen molar-refractivity contribution < 1.29 is 9.53 Å². The van der Waals surface area contributed by atoms with E-state index in [2.05, 4.69) is 48.3 Å². The van der Waals surface area contributed by atoms with Gasteiger partial charge < -0.3 is 15.8 Å². The van der Waals surface area contributed by atoms with Crippen molar-refractivity contribution in [3.8, 4) is 5.75 Å². The van der Waals surface area contributed by atoms with E-state index in [-0.39, 0.29) is 24.4 Å². The molecule has 2 aromatic carbocycles. The van der Waals surface area contributed by atoms with Gasteiger partial charge in [0.2, 0.25) is 5.91 Å². The molecule has 0 aromatic heterocycles. The maximum atomic E-state index is 12.8. The molecular formula is C24H34ClN3O2. The summed E-state index contributed by atoms with van der Waals surface area (Å²) in [6.07, 6.45) is 0. The molecule has 1 fully saturated rings. The highest BCUT2D eigenvalue weighted by Gasteiger charge is 2.33. The molecular weight excluding hydrogens is 398 g/mol. The van der Waals surface area contributed by atoms with E-state index in [9.17, 15) is 4.79 Å². The number of nitrogens with zero attached hydrogens (tertiary/aromatic N) is 1. The minimum Gasteiger partial charge on any atom is -0.497 e. The fourth-order valence-electron chi connectivity index (χ4n) is 4.27. The smallest absolute Gasteiger partial charge is 0.234 e. The molecule has 1 unspecified atom stereocenters. The van der Waals surface area contributed by atoms with E-state index in [0.717, 1.165) is 24.4 Å². The molecule has 1 saturated heterocycles. The lowest BCUT2D eigenvalue weighted by atomic mass is 9.89. The molecule has 1 aliphatic rings. The standard InChI is InChI=1S/C24H33N3O2.ClH/c1-17(2)24(19-9-11-21(29-3)12-10-19)26-23(28)16-27-14-20(13-25)22(15-27)18-7-5-4-6-8-18;/h4-12,17,20,22,24H,13-16,25H2,1-3H3,(H,26,28);1H/t20-,22+,24?;/m1./s1. The van der Waals surface area contributed by atoms with E-state index < -0.39 is 0 Å².